The third kappa shape index (κ3) is 4.47. The standard InChI is InChI=1S/C17H17N5O4/c23-15(18-8-12-11-22-6-2-1-5-14(22)21-12)9-19-16(24)10-20-17(25)13-4-3-7-26-13/h1-7,11H,8-10H2,(H,18,23)(H,19,24)(H,20,25). The van der Waals surface area contributed by atoms with Crippen molar-refractivity contribution in [2.45, 2.75) is 6.54 Å². The van der Waals surface area contributed by atoms with E-state index in [1.165, 1.54) is 12.3 Å². The van der Waals surface area contributed by atoms with Crippen LogP contribution in [0.25, 0.3) is 5.65 Å². The number of fused-ring (bicyclic) bond motifs is 1. The lowest BCUT2D eigenvalue weighted by atomic mass is 10.4. The highest BCUT2D eigenvalue weighted by Crippen LogP contribution is 2.03. The summed E-state index contributed by atoms with van der Waals surface area (Å²) in [4.78, 5) is 39.4. The second-order valence-electron chi connectivity index (χ2n) is 5.41. The molecule has 0 spiro atoms. The van der Waals surface area contributed by atoms with Gasteiger partial charge >= 0.3 is 0 Å². The van der Waals surface area contributed by atoms with E-state index in [0.717, 1.165) is 5.65 Å². The largest absolute Gasteiger partial charge is 0.459 e. The summed E-state index contributed by atoms with van der Waals surface area (Å²) in [5, 5.41) is 7.49. The van der Waals surface area contributed by atoms with E-state index in [9.17, 15) is 14.4 Å². The molecular formula is C17H17N5O4. The Hall–Kier alpha value is -3.62. The number of nitrogens with zero attached hydrogens (tertiary/aromatic N) is 2. The first kappa shape index (κ1) is 17.2. The monoisotopic (exact) mass is 355 g/mol. The van der Waals surface area contributed by atoms with Crippen molar-refractivity contribution in [3.63, 3.8) is 0 Å². The normalized spacial score (nSPS) is 10.5. The van der Waals surface area contributed by atoms with Gasteiger partial charge in [0.05, 0.1) is 31.6 Å². The van der Waals surface area contributed by atoms with Crippen molar-refractivity contribution in [2.75, 3.05) is 13.1 Å². The molecule has 0 unspecified atom stereocenters. The summed E-state index contributed by atoms with van der Waals surface area (Å²) in [6.45, 7) is -0.187. The fraction of sp³-hybridized carbons (Fsp3) is 0.176. The van der Waals surface area contributed by atoms with Gasteiger partial charge in [-0.25, -0.2) is 4.98 Å². The summed E-state index contributed by atoms with van der Waals surface area (Å²) in [5.41, 5.74) is 1.50. The van der Waals surface area contributed by atoms with Crippen LogP contribution in [0.1, 0.15) is 16.2 Å². The van der Waals surface area contributed by atoms with Crippen LogP contribution in [0.15, 0.2) is 53.4 Å². The van der Waals surface area contributed by atoms with Crippen LogP contribution in [0.2, 0.25) is 0 Å². The maximum atomic E-state index is 11.8. The first-order valence-electron chi connectivity index (χ1n) is 7.89. The molecule has 0 radical (unpaired) electrons. The smallest absolute Gasteiger partial charge is 0.287 e. The van der Waals surface area contributed by atoms with E-state index >= 15 is 0 Å². The van der Waals surface area contributed by atoms with Gasteiger partial charge in [0.2, 0.25) is 11.8 Å². The number of furan rings is 1. The van der Waals surface area contributed by atoms with E-state index in [2.05, 4.69) is 20.9 Å². The zero-order chi connectivity index (χ0) is 18.4. The van der Waals surface area contributed by atoms with E-state index < -0.39 is 11.8 Å². The molecule has 0 aliphatic heterocycles. The summed E-state index contributed by atoms with van der Waals surface area (Å²) in [5.74, 6) is -1.22. The maximum Gasteiger partial charge on any atom is 0.287 e. The second-order valence-corrected chi connectivity index (χ2v) is 5.41. The molecule has 0 fully saturated rings. The number of rotatable bonds is 7. The number of nitrogens with one attached hydrogen (secondary N) is 3. The van der Waals surface area contributed by atoms with Gasteiger partial charge in [-0.15, -0.1) is 0 Å². The van der Waals surface area contributed by atoms with Crippen LogP contribution in [-0.4, -0.2) is 40.2 Å². The van der Waals surface area contributed by atoms with Gasteiger partial charge < -0.3 is 24.8 Å². The average molecular weight is 355 g/mol. The Balaban J connectivity index is 1.36. The summed E-state index contributed by atoms with van der Waals surface area (Å²) in [7, 11) is 0. The molecule has 0 aliphatic rings. The zero-order valence-corrected chi connectivity index (χ0v) is 13.8. The lowest BCUT2D eigenvalue weighted by Gasteiger charge is -2.06. The number of amides is 3. The molecule has 3 rings (SSSR count). The summed E-state index contributed by atoms with van der Waals surface area (Å²) in [6, 6.07) is 8.69. The number of pyridine rings is 1. The number of aromatic nitrogens is 2. The van der Waals surface area contributed by atoms with E-state index in [0.29, 0.717) is 5.69 Å². The average Bonchev–Trinajstić information content (AvgIpc) is 3.31. The van der Waals surface area contributed by atoms with E-state index in [4.69, 9.17) is 4.42 Å². The van der Waals surface area contributed by atoms with Crippen LogP contribution in [0, 0.1) is 0 Å². The lowest BCUT2D eigenvalue weighted by Crippen LogP contribution is -2.41. The lowest BCUT2D eigenvalue weighted by molar-refractivity contribution is -0.125. The molecule has 3 amide bonds. The molecule has 0 saturated carbocycles. The molecule has 0 aliphatic carbocycles. The van der Waals surface area contributed by atoms with Crippen molar-refractivity contribution in [1.29, 1.82) is 0 Å². The number of hydrogen-bond donors (Lipinski definition) is 3. The van der Waals surface area contributed by atoms with Crippen LogP contribution in [0.5, 0.6) is 0 Å². The van der Waals surface area contributed by atoms with Crippen LogP contribution in [0.3, 0.4) is 0 Å². The van der Waals surface area contributed by atoms with Crippen LogP contribution >= 0.6 is 0 Å². The van der Waals surface area contributed by atoms with E-state index in [1.54, 1.807) is 6.07 Å². The predicted octanol–water partition coefficient (Wildman–Crippen LogP) is 0.0897. The molecule has 3 aromatic rings. The Morgan fingerprint density at radius 1 is 1.00 bits per heavy atom. The van der Waals surface area contributed by atoms with Gasteiger partial charge in [0, 0.05) is 12.4 Å². The molecule has 3 N–H and O–H groups in total. The SMILES string of the molecule is O=C(CNC(=O)CNC(=O)c1ccco1)NCc1cn2ccccc2n1. The number of carbonyl (C=O) groups is 3. The minimum absolute atomic E-state index is 0.114. The predicted molar refractivity (Wildman–Crippen MR) is 91.1 cm³/mol. The molecule has 134 valence electrons. The minimum Gasteiger partial charge on any atom is -0.459 e. The van der Waals surface area contributed by atoms with Crippen molar-refractivity contribution >= 4 is 23.4 Å². The molecular weight excluding hydrogens is 338 g/mol. The Morgan fingerprint density at radius 3 is 2.58 bits per heavy atom. The maximum absolute atomic E-state index is 11.8. The summed E-state index contributed by atoms with van der Waals surface area (Å²) >= 11 is 0. The second kappa shape index (κ2) is 7.97. The van der Waals surface area contributed by atoms with Gasteiger partial charge in [0.15, 0.2) is 5.76 Å². The molecule has 3 heterocycles. The first-order chi connectivity index (χ1) is 12.6. The highest BCUT2D eigenvalue weighted by atomic mass is 16.3. The van der Waals surface area contributed by atoms with Gasteiger partial charge in [0.1, 0.15) is 5.65 Å². The Labute approximate surface area is 148 Å². The molecule has 0 saturated heterocycles. The molecule has 9 heteroatoms. The Kier molecular flexibility index (Phi) is 5.28. The van der Waals surface area contributed by atoms with Crippen LogP contribution in [0.4, 0.5) is 0 Å². The van der Waals surface area contributed by atoms with Gasteiger partial charge in [-0.05, 0) is 24.3 Å². The van der Waals surface area contributed by atoms with Crippen molar-refractivity contribution in [3.8, 4) is 0 Å². The number of carbonyl (C=O) groups excluding carboxylic acids is 3. The molecule has 0 aromatic carbocycles. The zero-order valence-electron chi connectivity index (χ0n) is 13.8. The highest BCUT2D eigenvalue weighted by Gasteiger charge is 2.11. The quantitative estimate of drug-likeness (QED) is 0.555. The van der Waals surface area contributed by atoms with Gasteiger partial charge in [-0.1, -0.05) is 6.07 Å². The van der Waals surface area contributed by atoms with Crippen LogP contribution < -0.4 is 16.0 Å². The molecule has 0 atom stereocenters. The van der Waals surface area contributed by atoms with Crippen molar-refractivity contribution < 1.29 is 18.8 Å². The van der Waals surface area contributed by atoms with E-state index in [-0.39, 0.29) is 31.3 Å². The highest BCUT2D eigenvalue weighted by molar-refractivity contribution is 5.94. The fourth-order valence-corrected chi connectivity index (χ4v) is 2.22. The molecule has 26 heavy (non-hydrogen) atoms. The molecule has 9 nitrogen and oxygen atoms in total. The van der Waals surface area contributed by atoms with Crippen LogP contribution in [-0.2, 0) is 16.1 Å². The number of imidazole rings is 1. The molecule has 3 aromatic heterocycles. The minimum atomic E-state index is -0.499. The first-order valence-corrected chi connectivity index (χ1v) is 7.89. The molecule has 0 bridgehead atoms. The topological polar surface area (TPSA) is 118 Å². The third-order valence-corrected chi connectivity index (χ3v) is 3.48. The van der Waals surface area contributed by atoms with Crippen molar-refractivity contribution in [3.05, 3.63) is 60.4 Å². The third-order valence-electron chi connectivity index (χ3n) is 3.48. The fourth-order valence-electron chi connectivity index (χ4n) is 2.22. The Morgan fingerprint density at radius 2 is 1.81 bits per heavy atom. The van der Waals surface area contributed by atoms with Crippen molar-refractivity contribution in [1.82, 2.24) is 25.3 Å². The summed E-state index contributed by atoms with van der Waals surface area (Å²) in [6.07, 6.45) is 5.05. The Bertz CT molecular complexity index is 883. The summed E-state index contributed by atoms with van der Waals surface area (Å²) < 4.78 is 6.76. The van der Waals surface area contributed by atoms with Gasteiger partial charge in [-0.3, -0.25) is 14.4 Å². The van der Waals surface area contributed by atoms with Crippen molar-refractivity contribution in [2.24, 2.45) is 0 Å². The van der Waals surface area contributed by atoms with E-state index in [1.807, 2.05) is 35.0 Å². The van der Waals surface area contributed by atoms with Gasteiger partial charge in [0.25, 0.3) is 5.91 Å². The van der Waals surface area contributed by atoms with Gasteiger partial charge in [-0.2, -0.15) is 0 Å². The number of hydrogen-bond acceptors (Lipinski definition) is 5.